The number of halogens is 1. The standard InChI is InChI=1S/C12H11IN4O/c1-9-3-2-4-10(7-9)16-12(18)17(13)11-5-6-14-8-15-11/h2-8H,1H3,(H,16,18). The first-order valence-corrected chi connectivity index (χ1v) is 6.23. The third kappa shape index (κ3) is 3.16. The van der Waals surface area contributed by atoms with Crippen LogP contribution < -0.4 is 8.43 Å². The number of rotatable bonds is 2. The van der Waals surface area contributed by atoms with E-state index in [-0.39, 0.29) is 6.03 Å². The molecule has 18 heavy (non-hydrogen) atoms. The number of nitrogens with zero attached hydrogens (tertiary/aromatic N) is 3. The zero-order chi connectivity index (χ0) is 13.0. The Labute approximate surface area is 119 Å². The number of carbonyl (C=O) groups is 1. The van der Waals surface area contributed by atoms with Crippen LogP contribution in [0, 0.1) is 6.92 Å². The van der Waals surface area contributed by atoms with E-state index in [0.717, 1.165) is 11.3 Å². The minimum absolute atomic E-state index is 0.250. The first-order valence-electron chi connectivity index (χ1n) is 5.26. The summed E-state index contributed by atoms with van der Waals surface area (Å²) < 4.78 is 1.40. The van der Waals surface area contributed by atoms with Crippen LogP contribution in [0.1, 0.15) is 5.56 Å². The average molecular weight is 354 g/mol. The van der Waals surface area contributed by atoms with Crippen LogP contribution in [-0.2, 0) is 0 Å². The molecule has 0 unspecified atom stereocenters. The number of benzene rings is 1. The summed E-state index contributed by atoms with van der Waals surface area (Å²) in [6.45, 7) is 1.97. The number of aromatic nitrogens is 2. The van der Waals surface area contributed by atoms with Crippen LogP contribution in [0.3, 0.4) is 0 Å². The fourth-order valence-electron chi connectivity index (χ4n) is 1.40. The van der Waals surface area contributed by atoms with Crippen LogP contribution in [0.5, 0.6) is 0 Å². The van der Waals surface area contributed by atoms with Crippen LogP contribution in [0.15, 0.2) is 42.9 Å². The van der Waals surface area contributed by atoms with Gasteiger partial charge in [0.25, 0.3) is 0 Å². The van der Waals surface area contributed by atoms with Gasteiger partial charge < -0.3 is 5.32 Å². The summed E-state index contributed by atoms with van der Waals surface area (Å²) >= 11 is 1.90. The fraction of sp³-hybridized carbons (Fsp3) is 0.0833. The molecule has 0 bridgehead atoms. The highest BCUT2D eigenvalue weighted by Crippen LogP contribution is 2.17. The van der Waals surface area contributed by atoms with E-state index in [1.54, 1.807) is 12.3 Å². The first-order chi connectivity index (χ1) is 8.66. The van der Waals surface area contributed by atoms with E-state index in [9.17, 15) is 4.79 Å². The highest BCUT2D eigenvalue weighted by Gasteiger charge is 2.13. The summed E-state index contributed by atoms with van der Waals surface area (Å²) in [4.78, 5) is 19.8. The molecular weight excluding hydrogens is 343 g/mol. The Kier molecular flexibility index (Phi) is 4.08. The van der Waals surface area contributed by atoms with E-state index < -0.39 is 0 Å². The summed E-state index contributed by atoms with van der Waals surface area (Å²) in [5, 5.41) is 2.80. The van der Waals surface area contributed by atoms with Crippen molar-refractivity contribution in [2.45, 2.75) is 6.92 Å². The smallest absolute Gasteiger partial charge is 0.307 e. The normalized spacial score (nSPS) is 9.89. The van der Waals surface area contributed by atoms with Gasteiger partial charge in [-0.25, -0.2) is 17.9 Å². The van der Waals surface area contributed by atoms with Gasteiger partial charge in [-0.3, -0.25) is 0 Å². The third-order valence-corrected chi connectivity index (χ3v) is 3.15. The molecule has 6 heteroatoms. The van der Waals surface area contributed by atoms with E-state index in [2.05, 4.69) is 15.3 Å². The van der Waals surface area contributed by atoms with E-state index in [1.165, 1.54) is 9.44 Å². The number of aryl methyl sites for hydroxylation is 1. The lowest BCUT2D eigenvalue weighted by Crippen LogP contribution is -2.26. The van der Waals surface area contributed by atoms with Gasteiger partial charge in [-0.15, -0.1) is 0 Å². The lowest BCUT2D eigenvalue weighted by Gasteiger charge is -2.14. The Morgan fingerprint density at radius 2 is 2.22 bits per heavy atom. The van der Waals surface area contributed by atoms with Gasteiger partial charge in [0.05, 0.1) is 22.9 Å². The van der Waals surface area contributed by atoms with Crippen LogP contribution >= 0.6 is 22.9 Å². The van der Waals surface area contributed by atoms with Crippen molar-refractivity contribution in [3.8, 4) is 0 Å². The van der Waals surface area contributed by atoms with Gasteiger partial charge in [0.1, 0.15) is 12.1 Å². The van der Waals surface area contributed by atoms with Crippen LogP contribution in [0.4, 0.5) is 16.3 Å². The maximum atomic E-state index is 12.0. The lowest BCUT2D eigenvalue weighted by atomic mass is 10.2. The molecule has 0 radical (unpaired) electrons. The number of hydrogen-bond acceptors (Lipinski definition) is 3. The first kappa shape index (κ1) is 12.7. The van der Waals surface area contributed by atoms with Gasteiger partial charge in [-0.05, 0) is 24.6 Å². The Bertz CT molecular complexity index is 547. The van der Waals surface area contributed by atoms with E-state index in [1.807, 2.05) is 54.1 Å². The molecule has 0 aliphatic rings. The van der Waals surface area contributed by atoms with Crippen LogP contribution in [-0.4, -0.2) is 16.0 Å². The summed E-state index contributed by atoms with van der Waals surface area (Å²) in [7, 11) is 0. The van der Waals surface area contributed by atoms with Gasteiger partial charge in [-0.1, -0.05) is 12.1 Å². The van der Waals surface area contributed by atoms with E-state index in [0.29, 0.717) is 5.82 Å². The van der Waals surface area contributed by atoms with E-state index >= 15 is 0 Å². The molecule has 0 spiro atoms. The minimum Gasteiger partial charge on any atom is -0.307 e. The second-order valence-electron chi connectivity index (χ2n) is 3.65. The largest absolute Gasteiger partial charge is 0.336 e. The Morgan fingerprint density at radius 1 is 1.39 bits per heavy atom. The summed E-state index contributed by atoms with van der Waals surface area (Å²) in [5.41, 5.74) is 1.85. The number of carbonyl (C=O) groups excluding carboxylic acids is 1. The quantitative estimate of drug-likeness (QED) is 0.666. The van der Waals surface area contributed by atoms with Crippen molar-refractivity contribution < 1.29 is 4.79 Å². The maximum Gasteiger partial charge on any atom is 0.336 e. The number of amides is 2. The SMILES string of the molecule is Cc1cccc(NC(=O)N(I)c2ccncn2)c1. The van der Waals surface area contributed by atoms with Gasteiger partial charge in [0.15, 0.2) is 0 Å². The number of urea groups is 1. The second-order valence-corrected chi connectivity index (χ2v) is 4.61. The molecule has 2 amide bonds. The Hall–Kier alpha value is -1.70. The second kappa shape index (κ2) is 5.76. The van der Waals surface area contributed by atoms with Gasteiger partial charge in [0, 0.05) is 18.0 Å². The van der Waals surface area contributed by atoms with Crippen molar-refractivity contribution in [2.75, 3.05) is 8.43 Å². The molecule has 1 N–H and O–H groups in total. The number of anilines is 2. The third-order valence-electron chi connectivity index (χ3n) is 2.22. The van der Waals surface area contributed by atoms with Crippen LogP contribution in [0.2, 0.25) is 0 Å². The molecule has 0 fully saturated rings. The van der Waals surface area contributed by atoms with E-state index in [4.69, 9.17) is 0 Å². The zero-order valence-corrected chi connectivity index (χ0v) is 11.8. The number of hydrogen-bond donors (Lipinski definition) is 1. The number of nitrogens with one attached hydrogen (secondary N) is 1. The maximum absolute atomic E-state index is 12.0. The molecule has 5 nitrogen and oxygen atoms in total. The highest BCUT2D eigenvalue weighted by molar-refractivity contribution is 14.1. The van der Waals surface area contributed by atoms with Gasteiger partial charge in [-0.2, -0.15) is 0 Å². The molecular formula is C12H11IN4O. The molecule has 92 valence electrons. The summed E-state index contributed by atoms with van der Waals surface area (Å²) in [6.07, 6.45) is 2.99. The zero-order valence-electron chi connectivity index (χ0n) is 9.67. The minimum atomic E-state index is -0.250. The molecule has 0 aliphatic heterocycles. The average Bonchev–Trinajstić information content (AvgIpc) is 2.39. The van der Waals surface area contributed by atoms with Crippen molar-refractivity contribution in [3.05, 3.63) is 48.4 Å². The van der Waals surface area contributed by atoms with Crippen molar-refractivity contribution in [3.63, 3.8) is 0 Å². The predicted molar refractivity (Wildman–Crippen MR) is 78.7 cm³/mol. The lowest BCUT2D eigenvalue weighted by molar-refractivity contribution is 0.260. The topological polar surface area (TPSA) is 58.1 Å². The van der Waals surface area contributed by atoms with Crippen LogP contribution in [0.25, 0.3) is 0 Å². The Balaban J connectivity index is 2.09. The van der Waals surface area contributed by atoms with Crippen molar-refractivity contribution >= 4 is 40.4 Å². The van der Waals surface area contributed by atoms with Crippen molar-refractivity contribution in [1.29, 1.82) is 0 Å². The monoisotopic (exact) mass is 354 g/mol. The summed E-state index contributed by atoms with van der Waals surface area (Å²) in [5.74, 6) is 0.538. The fourth-order valence-corrected chi connectivity index (χ4v) is 1.81. The highest BCUT2D eigenvalue weighted by atomic mass is 127. The molecule has 0 atom stereocenters. The van der Waals surface area contributed by atoms with Crippen molar-refractivity contribution in [1.82, 2.24) is 9.97 Å². The summed E-state index contributed by atoms with van der Waals surface area (Å²) in [6, 6.07) is 9.04. The van der Waals surface area contributed by atoms with Crippen molar-refractivity contribution in [2.24, 2.45) is 0 Å². The van der Waals surface area contributed by atoms with Gasteiger partial charge >= 0.3 is 6.03 Å². The molecule has 1 aromatic carbocycles. The molecule has 2 aromatic rings. The predicted octanol–water partition coefficient (Wildman–Crippen LogP) is 3.17. The molecule has 2 rings (SSSR count). The van der Waals surface area contributed by atoms with Gasteiger partial charge in [0.2, 0.25) is 0 Å². The molecule has 0 saturated carbocycles. The Morgan fingerprint density at radius 3 is 2.89 bits per heavy atom. The molecule has 1 heterocycles. The molecule has 1 aromatic heterocycles. The molecule has 0 saturated heterocycles. The molecule has 0 aliphatic carbocycles.